The van der Waals surface area contributed by atoms with E-state index >= 15 is 0 Å². The molecule has 1 aromatic carbocycles. The Morgan fingerprint density at radius 3 is 2.62 bits per heavy atom. The molecule has 0 atom stereocenters. The van der Waals surface area contributed by atoms with E-state index in [-0.39, 0.29) is 0 Å². The number of nitrogens with zero attached hydrogens (tertiary/aromatic N) is 1. The van der Waals surface area contributed by atoms with E-state index in [1.807, 2.05) is 18.3 Å². The first kappa shape index (κ1) is 10.7. The zero-order chi connectivity index (χ0) is 11.1. The summed E-state index contributed by atoms with van der Waals surface area (Å²) in [4.78, 5) is 4.06. The summed E-state index contributed by atoms with van der Waals surface area (Å²) in [6.45, 7) is 0.987. The van der Waals surface area contributed by atoms with E-state index < -0.39 is 0 Å². The predicted octanol–water partition coefficient (Wildman–Crippen LogP) is 3.13. The zero-order valence-corrected chi connectivity index (χ0v) is 9.26. The van der Waals surface area contributed by atoms with E-state index in [1.54, 1.807) is 6.20 Å². The molecule has 0 saturated carbocycles. The molecule has 2 heteroatoms. The Morgan fingerprint density at radius 2 is 1.88 bits per heavy atom. The van der Waals surface area contributed by atoms with Gasteiger partial charge in [0.1, 0.15) is 0 Å². The van der Waals surface area contributed by atoms with Crippen LogP contribution in [0.4, 0.5) is 5.69 Å². The SMILES string of the molecule is c1ccc(CCCNc2cccnc2)cc1. The number of rotatable bonds is 5. The fourth-order valence-electron chi connectivity index (χ4n) is 1.64. The van der Waals surface area contributed by atoms with E-state index in [1.165, 1.54) is 5.56 Å². The monoisotopic (exact) mass is 212 g/mol. The lowest BCUT2D eigenvalue weighted by molar-refractivity contribution is 0.862. The van der Waals surface area contributed by atoms with Crippen LogP contribution in [-0.2, 0) is 6.42 Å². The van der Waals surface area contributed by atoms with Crippen LogP contribution in [0.25, 0.3) is 0 Å². The van der Waals surface area contributed by atoms with Crippen molar-refractivity contribution in [1.29, 1.82) is 0 Å². The molecule has 16 heavy (non-hydrogen) atoms. The van der Waals surface area contributed by atoms with Gasteiger partial charge in [-0.15, -0.1) is 0 Å². The third kappa shape index (κ3) is 3.39. The van der Waals surface area contributed by atoms with Crippen LogP contribution in [0, 0.1) is 0 Å². The Hall–Kier alpha value is -1.83. The van der Waals surface area contributed by atoms with Crippen molar-refractivity contribution in [3.63, 3.8) is 0 Å². The molecular formula is C14H16N2. The second-order valence-corrected chi connectivity index (χ2v) is 3.76. The van der Waals surface area contributed by atoms with E-state index in [0.717, 1.165) is 25.1 Å². The first-order valence-corrected chi connectivity index (χ1v) is 5.63. The Morgan fingerprint density at radius 1 is 1.00 bits per heavy atom. The van der Waals surface area contributed by atoms with Gasteiger partial charge in [0.2, 0.25) is 0 Å². The molecule has 1 N–H and O–H groups in total. The third-order valence-corrected chi connectivity index (χ3v) is 2.48. The molecule has 1 heterocycles. The van der Waals surface area contributed by atoms with Crippen molar-refractivity contribution in [2.24, 2.45) is 0 Å². The van der Waals surface area contributed by atoms with Gasteiger partial charge in [-0.2, -0.15) is 0 Å². The largest absolute Gasteiger partial charge is 0.384 e. The van der Waals surface area contributed by atoms with E-state index in [2.05, 4.69) is 40.6 Å². The van der Waals surface area contributed by atoms with E-state index in [0.29, 0.717) is 0 Å². The standard InChI is InChI=1S/C14H16N2/c1-2-6-13(7-3-1)8-4-11-16-14-9-5-10-15-12-14/h1-3,5-7,9-10,12,16H,4,8,11H2. The molecule has 2 aromatic rings. The minimum Gasteiger partial charge on any atom is -0.384 e. The molecule has 0 amide bonds. The number of anilines is 1. The Kier molecular flexibility index (Phi) is 3.94. The summed E-state index contributed by atoms with van der Waals surface area (Å²) in [6, 6.07) is 14.5. The second-order valence-electron chi connectivity index (χ2n) is 3.76. The van der Waals surface area contributed by atoms with Gasteiger partial charge in [-0.3, -0.25) is 4.98 Å². The third-order valence-electron chi connectivity index (χ3n) is 2.48. The lowest BCUT2D eigenvalue weighted by atomic mass is 10.1. The number of hydrogen-bond acceptors (Lipinski definition) is 2. The summed E-state index contributed by atoms with van der Waals surface area (Å²) in [6.07, 6.45) is 5.89. The summed E-state index contributed by atoms with van der Waals surface area (Å²) < 4.78 is 0. The molecule has 0 saturated heterocycles. The van der Waals surface area contributed by atoms with Crippen LogP contribution < -0.4 is 5.32 Å². The fraction of sp³-hybridized carbons (Fsp3) is 0.214. The maximum Gasteiger partial charge on any atom is 0.0526 e. The van der Waals surface area contributed by atoms with Crippen molar-refractivity contribution in [2.75, 3.05) is 11.9 Å². The van der Waals surface area contributed by atoms with Crippen molar-refractivity contribution in [1.82, 2.24) is 4.98 Å². The quantitative estimate of drug-likeness (QED) is 0.770. The van der Waals surface area contributed by atoms with Crippen molar-refractivity contribution in [3.05, 3.63) is 60.4 Å². The van der Waals surface area contributed by atoms with Crippen LogP contribution in [0.1, 0.15) is 12.0 Å². The molecule has 2 nitrogen and oxygen atoms in total. The maximum absolute atomic E-state index is 4.06. The van der Waals surface area contributed by atoms with Crippen LogP contribution in [0.3, 0.4) is 0 Å². The average molecular weight is 212 g/mol. The second kappa shape index (κ2) is 5.91. The molecule has 0 unspecified atom stereocenters. The fourth-order valence-corrected chi connectivity index (χ4v) is 1.64. The highest BCUT2D eigenvalue weighted by molar-refractivity contribution is 5.39. The summed E-state index contributed by atoms with van der Waals surface area (Å²) >= 11 is 0. The molecule has 0 aliphatic carbocycles. The number of aromatic nitrogens is 1. The molecule has 0 bridgehead atoms. The van der Waals surface area contributed by atoms with Gasteiger partial charge in [0.25, 0.3) is 0 Å². The molecule has 0 aliphatic heterocycles. The molecule has 0 radical (unpaired) electrons. The summed E-state index contributed by atoms with van der Waals surface area (Å²) in [7, 11) is 0. The topological polar surface area (TPSA) is 24.9 Å². The summed E-state index contributed by atoms with van der Waals surface area (Å²) in [5.74, 6) is 0. The number of nitrogens with one attached hydrogen (secondary N) is 1. The smallest absolute Gasteiger partial charge is 0.0526 e. The molecule has 0 spiro atoms. The molecular weight excluding hydrogens is 196 g/mol. The van der Waals surface area contributed by atoms with Crippen LogP contribution >= 0.6 is 0 Å². The Bertz CT molecular complexity index is 356. The lowest BCUT2D eigenvalue weighted by Gasteiger charge is -2.05. The van der Waals surface area contributed by atoms with Gasteiger partial charge in [-0.25, -0.2) is 0 Å². The number of pyridine rings is 1. The van der Waals surface area contributed by atoms with Crippen LogP contribution in [-0.4, -0.2) is 11.5 Å². The number of aryl methyl sites for hydroxylation is 1. The normalized spacial score (nSPS) is 10.0. The van der Waals surface area contributed by atoms with Gasteiger partial charge < -0.3 is 5.32 Å². The molecule has 82 valence electrons. The number of benzene rings is 1. The maximum atomic E-state index is 4.06. The van der Waals surface area contributed by atoms with Crippen LogP contribution in [0.5, 0.6) is 0 Å². The van der Waals surface area contributed by atoms with Crippen molar-refractivity contribution in [3.8, 4) is 0 Å². The highest BCUT2D eigenvalue weighted by Gasteiger charge is 1.92. The highest BCUT2D eigenvalue weighted by atomic mass is 14.9. The Labute approximate surface area is 96.4 Å². The Balaban J connectivity index is 1.70. The van der Waals surface area contributed by atoms with Gasteiger partial charge in [0, 0.05) is 18.9 Å². The lowest BCUT2D eigenvalue weighted by Crippen LogP contribution is -2.02. The van der Waals surface area contributed by atoms with Crippen molar-refractivity contribution >= 4 is 5.69 Å². The van der Waals surface area contributed by atoms with Gasteiger partial charge in [0.05, 0.1) is 5.69 Å². The minimum absolute atomic E-state index is 0.987. The van der Waals surface area contributed by atoms with Crippen molar-refractivity contribution in [2.45, 2.75) is 12.8 Å². The molecule has 0 fully saturated rings. The molecule has 0 aliphatic rings. The molecule has 2 rings (SSSR count). The zero-order valence-electron chi connectivity index (χ0n) is 9.26. The van der Waals surface area contributed by atoms with Crippen molar-refractivity contribution < 1.29 is 0 Å². The van der Waals surface area contributed by atoms with Gasteiger partial charge in [-0.05, 0) is 30.5 Å². The first-order chi connectivity index (χ1) is 7.95. The number of hydrogen-bond donors (Lipinski definition) is 1. The summed E-state index contributed by atoms with van der Waals surface area (Å²) in [5, 5.41) is 3.35. The predicted molar refractivity (Wildman–Crippen MR) is 67.5 cm³/mol. The minimum atomic E-state index is 0.987. The highest BCUT2D eigenvalue weighted by Crippen LogP contribution is 2.05. The van der Waals surface area contributed by atoms with Crippen LogP contribution in [0.15, 0.2) is 54.9 Å². The van der Waals surface area contributed by atoms with E-state index in [9.17, 15) is 0 Å². The average Bonchev–Trinajstić information content (AvgIpc) is 2.37. The van der Waals surface area contributed by atoms with E-state index in [4.69, 9.17) is 0 Å². The first-order valence-electron chi connectivity index (χ1n) is 5.63. The molecule has 1 aromatic heterocycles. The van der Waals surface area contributed by atoms with Gasteiger partial charge in [0.15, 0.2) is 0 Å². The van der Waals surface area contributed by atoms with Crippen LogP contribution in [0.2, 0.25) is 0 Å². The summed E-state index contributed by atoms with van der Waals surface area (Å²) in [5.41, 5.74) is 2.49. The van der Waals surface area contributed by atoms with Gasteiger partial charge in [-0.1, -0.05) is 30.3 Å². The van der Waals surface area contributed by atoms with Gasteiger partial charge >= 0.3 is 0 Å².